The fourth-order valence-electron chi connectivity index (χ4n) is 1.48. The van der Waals surface area contributed by atoms with E-state index in [1.54, 1.807) is 0 Å². The topological polar surface area (TPSA) is 0 Å². The molecule has 1 aromatic carbocycles. The molecule has 0 nitrogen and oxygen atoms in total. The molecule has 1 rings (SSSR count). The van der Waals surface area contributed by atoms with Crippen LogP contribution in [0.1, 0.15) is 24.3 Å². The molecule has 0 radical (unpaired) electrons. The molecular weight excluding hydrogens is 224 g/mol. The molecule has 0 aliphatic rings. The number of halogens is 1. The van der Waals surface area contributed by atoms with Gasteiger partial charge in [0.15, 0.2) is 0 Å². The average Bonchev–Trinajstić information content (AvgIpc) is 2.19. The number of rotatable bonds is 5. The van der Waals surface area contributed by atoms with Crippen LogP contribution in [-0.2, 0) is 0 Å². The first kappa shape index (κ1) is 10.5. The van der Waals surface area contributed by atoms with Crippen LogP contribution in [0.15, 0.2) is 43.0 Å². The van der Waals surface area contributed by atoms with Gasteiger partial charge in [-0.2, -0.15) is 0 Å². The molecule has 0 saturated heterocycles. The van der Waals surface area contributed by atoms with Crippen LogP contribution in [0.5, 0.6) is 0 Å². The molecule has 1 aromatic rings. The largest absolute Gasteiger partial charge is 0.103 e. The lowest BCUT2D eigenvalue weighted by molar-refractivity contribution is 0.683. The Morgan fingerprint density at radius 3 is 2.54 bits per heavy atom. The van der Waals surface area contributed by atoms with Gasteiger partial charge in [-0.15, -0.1) is 6.58 Å². The summed E-state index contributed by atoms with van der Waals surface area (Å²) in [6.45, 7) is 3.79. The highest BCUT2D eigenvalue weighted by atomic mass is 79.9. The lowest BCUT2D eigenvalue weighted by atomic mass is 9.93. The van der Waals surface area contributed by atoms with E-state index in [-0.39, 0.29) is 0 Å². The highest BCUT2D eigenvalue weighted by molar-refractivity contribution is 9.09. The first-order valence-corrected chi connectivity index (χ1v) is 5.72. The van der Waals surface area contributed by atoms with Crippen LogP contribution in [0.3, 0.4) is 0 Å². The van der Waals surface area contributed by atoms with Gasteiger partial charge in [0.05, 0.1) is 0 Å². The van der Waals surface area contributed by atoms with Gasteiger partial charge in [0.2, 0.25) is 0 Å². The van der Waals surface area contributed by atoms with E-state index in [2.05, 4.69) is 52.8 Å². The van der Waals surface area contributed by atoms with Crippen LogP contribution in [0.2, 0.25) is 0 Å². The molecule has 0 bridgehead atoms. The molecular formula is C12H15Br. The van der Waals surface area contributed by atoms with E-state index < -0.39 is 0 Å². The van der Waals surface area contributed by atoms with Crippen LogP contribution in [0.25, 0.3) is 0 Å². The fraction of sp³-hybridized carbons (Fsp3) is 0.333. The van der Waals surface area contributed by atoms with Crippen molar-refractivity contribution in [2.24, 2.45) is 0 Å². The van der Waals surface area contributed by atoms with Gasteiger partial charge >= 0.3 is 0 Å². The zero-order valence-corrected chi connectivity index (χ0v) is 9.33. The highest BCUT2D eigenvalue weighted by Gasteiger charge is 2.07. The fourth-order valence-corrected chi connectivity index (χ4v) is 2.03. The van der Waals surface area contributed by atoms with Gasteiger partial charge in [-0.3, -0.25) is 0 Å². The van der Waals surface area contributed by atoms with E-state index in [4.69, 9.17) is 0 Å². The van der Waals surface area contributed by atoms with Crippen LogP contribution >= 0.6 is 15.9 Å². The molecule has 70 valence electrons. The first-order chi connectivity index (χ1) is 6.38. The van der Waals surface area contributed by atoms with Gasteiger partial charge in [-0.05, 0) is 24.3 Å². The second-order valence-electron chi connectivity index (χ2n) is 3.11. The van der Waals surface area contributed by atoms with Gasteiger partial charge in [0, 0.05) is 5.33 Å². The number of alkyl halides is 1. The number of benzene rings is 1. The normalized spacial score (nSPS) is 12.4. The highest BCUT2D eigenvalue weighted by Crippen LogP contribution is 2.24. The van der Waals surface area contributed by atoms with E-state index >= 15 is 0 Å². The summed E-state index contributed by atoms with van der Waals surface area (Å²) in [5, 5.41) is 1.06. The van der Waals surface area contributed by atoms with Crippen LogP contribution < -0.4 is 0 Å². The van der Waals surface area contributed by atoms with Crippen molar-refractivity contribution in [3.63, 3.8) is 0 Å². The third-order valence-electron chi connectivity index (χ3n) is 2.18. The molecule has 0 N–H and O–H groups in total. The third-order valence-corrected chi connectivity index (χ3v) is 2.64. The molecule has 1 heteroatoms. The van der Waals surface area contributed by atoms with Gasteiger partial charge in [-0.25, -0.2) is 0 Å². The van der Waals surface area contributed by atoms with Crippen molar-refractivity contribution in [1.82, 2.24) is 0 Å². The average molecular weight is 239 g/mol. The minimum atomic E-state index is 0.623. The maximum Gasteiger partial charge on any atom is 0.00372 e. The molecule has 0 aliphatic heterocycles. The summed E-state index contributed by atoms with van der Waals surface area (Å²) in [5.74, 6) is 0.623. The summed E-state index contributed by atoms with van der Waals surface area (Å²) in [5.41, 5.74) is 1.42. The number of allylic oxidation sites excluding steroid dienone is 1. The zero-order valence-electron chi connectivity index (χ0n) is 7.75. The lowest BCUT2D eigenvalue weighted by Gasteiger charge is -2.13. The molecule has 0 spiro atoms. The van der Waals surface area contributed by atoms with Gasteiger partial charge in [-0.1, -0.05) is 52.3 Å². The summed E-state index contributed by atoms with van der Waals surface area (Å²) in [7, 11) is 0. The predicted molar refractivity (Wildman–Crippen MR) is 62.4 cm³/mol. The van der Waals surface area contributed by atoms with E-state index in [0.717, 1.165) is 11.8 Å². The van der Waals surface area contributed by atoms with E-state index in [1.165, 1.54) is 12.0 Å². The van der Waals surface area contributed by atoms with E-state index in [1.807, 2.05) is 6.08 Å². The van der Waals surface area contributed by atoms with Gasteiger partial charge < -0.3 is 0 Å². The Morgan fingerprint density at radius 2 is 2.00 bits per heavy atom. The summed E-state index contributed by atoms with van der Waals surface area (Å²) in [6.07, 6.45) is 4.24. The Hall–Kier alpha value is -0.560. The molecule has 13 heavy (non-hydrogen) atoms. The van der Waals surface area contributed by atoms with E-state index in [9.17, 15) is 0 Å². The predicted octanol–water partition coefficient (Wildman–Crippen LogP) is 4.13. The van der Waals surface area contributed by atoms with Crippen molar-refractivity contribution in [2.45, 2.75) is 18.8 Å². The maximum absolute atomic E-state index is 3.79. The SMILES string of the molecule is C=CCC(CCBr)c1ccccc1. The Labute approximate surface area is 88.8 Å². The van der Waals surface area contributed by atoms with Crippen molar-refractivity contribution in [1.29, 1.82) is 0 Å². The number of hydrogen-bond donors (Lipinski definition) is 0. The second-order valence-corrected chi connectivity index (χ2v) is 3.90. The van der Waals surface area contributed by atoms with Crippen molar-refractivity contribution in [3.8, 4) is 0 Å². The van der Waals surface area contributed by atoms with Gasteiger partial charge in [0.25, 0.3) is 0 Å². The Kier molecular flexibility index (Phi) is 4.84. The standard InChI is InChI=1S/C12H15Br/c1-2-6-11(9-10-13)12-7-4-3-5-8-12/h2-5,7-8,11H,1,6,9-10H2. The summed E-state index contributed by atoms with van der Waals surface area (Å²) in [6, 6.07) is 10.6. The maximum atomic E-state index is 3.79. The molecule has 0 amide bonds. The molecule has 0 saturated carbocycles. The van der Waals surface area contributed by atoms with Crippen molar-refractivity contribution >= 4 is 15.9 Å². The molecule has 0 fully saturated rings. The molecule has 1 unspecified atom stereocenters. The summed E-state index contributed by atoms with van der Waals surface area (Å²) < 4.78 is 0. The summed E-state index contributed by atoms with van der Waals surface area (Å²) in [4.78, 5) is 0. The lowest BCUT2D eigenvalue weighted by Crippen LogP contribution is -1.97. The third kappa shape index (κ3) is 3.35. The first-order valence-electron chi connectivity index (χ1n) is 4.60. The van der Waals surface area contributed by atoms with E-state index in [0.29, 0.717) is 5.92 Å². The van der Waals surface area contributed by atoms with Crippen LogP contribution in [-0.4, -0.2) is 5.33 Å². The second kappa shape index (κ2) is 5.98. The van der Waals surface area contributed by atoms with Gasteiger partial charge in [0.1, 0.15) is 0 Å². The smallest absolute Gasteiger partial charge is 0.00372 e. The Bertz CT molecular complexity index is 241. The minimum absolute atomic E-state index is 0.623. The monoisotopic (exact) mass is 238 g/mol. The minimum Gasteiger partial charge on any atom is -0.103 e. The van der Waals surface area contributed by atoms with Crippen LogP contribution in [0.4, 0.5) is 0 Å². The Morgan fingerprint density at radius 1 is 1.31 bits per heavy atom. The Balaban J connectivity index is 2.69. The van der Waals surface area contributed by atoms with Crippen molar-refractivity contribution in [2.75, 3.05) is 5.33 Å². The zero-order chi connectivity index (χ0) is 9.52. The van der Waals surface area contributed by atoms with Crippen LogP contribution in [0, 0.1) is 0 Å². The molecule has 0 aliphatic carbocycles. The van der Waals surface area contributed by atoms with Crippen molar-refractivity contribution in [3.05, 3.63) is 48.6 Å². The number of hydrogen-bond acceptors (Lipinski definition) is 0. The van der Waals surface area contributed by atoms with Crippen molar-refractivity contribution < 1.29 is 0 Å². The molecule has 0 heterocycles. The summed E-state index contributed by atoms with van der Waals surface area (Å²) >= 11 is 3.48. The molecule has 0 aromatic heterocycles. The molecule has 1 atom stereocenters. The quantitative estimate of drug-likeness (QED) is 0.535.